The highest BCUT2D eigenvalue weighted by molar-refractivity contribution is 5.91. The number of rotatable bonds is 7. The highest BCUT2D eigenvalue weighted by Gasteiger charge is 2.34. The van der Waals surface area contributed by atoms with Crippen molar-refractivity contribution in [3.8, 4) is 0 Å². The van der Waals surface area contributed by atoms with E-state index in [1.807, 2.05) is 6.07 Å². The predicted molar refractivity (Wildman–Crippen MR) is 113 cm³/mol. The summed E-state index contributed by atoms with van der Waals surface area (Å²) in [4.78, 5) is 41.4. The maximum absolute atomic E-state index is 12.8. The van der Waals surface area contributed by atoms with E-state index in [1.165, 1.54) is 7.11 Å². The van der Waals surface area contributed by atoms with Crippen LogP contribution in [0, 0.1) is 5.92 Å². The molecular weight excluding hydrogens is 400 g/mol. The van der Waals surface area contributed by atoms with Crippen molar-refractivity contribution in [3.05, 3.63) is 23.0 Å². The molecule has 1 atom stereocenters. The number of esters is 1. The zero-order valence-electron chi connectivity index (χ0n) is 18.2. The van der Waals surface area contributed by atoms with Crippen LogP contribution in [0.2, 0.25) is 0 Å². The SMILES string of the molecule is COC(=O)c1cc(CNC(=O)C2CC(=O)N(CCN3CCOCC3)C2)n2c1CCCC2. The second-order valence-corrected chi connectivity index (χ2v) is 8.51. The number of morpholine rings is 1. The number of nitrogens with one attached hydrogen (secondary N) is 1. The number of methoxy groups -OCH3 is 1. The first-order chi connectivity index (χ1) is 15.1. The van der Waals surface area contributed by atoms with Gasteiger partial charge >= 0.3 is 5.97 Å². The standard InChI is InChI=1S/C22H32N4O5/c1-30-22(29)18-13-17(26-5-3-2-4-19(18)26)14-23-21(28)16-12-20(27)25(15-16)7-6-24-8-10-31-11-9-24/h13,16H,2-12,14-15H2,1H3,(H,23,28). The molecule has 0 spiro atoms. The molecule has 2 saturated heterocycles. The number of carbonyl (C=O) groups excluding carboxylic acids is 3. The first kappa shape index (κ1) is 21.8. The van der Waals surface area contributed by atoms with Gasteiger partial charge in [-0.3, -0.25) is 14.5 Å². The van der Waals surface area contributed by atoms with Crippen LogP contribution in [-0.2, 0) is 38.6 Å². The maximum atomic E-state index is 12.8. The van der Waals surface area contributed by atoms with Gasteiger partial charge < -0.3 is 24.3 Å². The first-order valence-electron chi connectivity index (χ1n) is 11.2. The van der Waals surface area contributed by atoms with Crippen molar-refractivity contribution in [2.24, 2.45) is 5.92 Å². The van der Waals surface area contributed by atoms with Crippen molar-refractivity contribution in [1.82, 2.24) is 19.7 Å². The van der Waals surface area contributed by atoms with Gasteiger partial charge in [0, 0.05) is 57.1 Å². The minimum atomic E-state index is -0.333. The van der Waals surface area contributed by atoms with E-state index in [0.717, 1.165) is 70.0 Å². The van der Waals surface area contributed by atoms with Crippen molar-refractivity contribution in [1.29, 1.82) is 0 Å². The molecule has 9 nitrogen and oxygen atoms in total. The van der Waals surface area contributed by atoms with Gasteiger partial charge in [0.2, 0.25) is 11.8 Å². The fourth-order valence-electron chi connectivity index (χ4n) is 4.76. The van der Waals surface area contributed by atoms with Crippen LogP contribution in [-0.4, -0.2) is 85.2 Å². The van der Waals surface area contributed by atoms with E-state index in [-0.39, 0.29) is 30.1 Å². The number of hydrogen-bond acceptors (Lipinski definition) is 6. The van der Waals surface area contributed by atoms with Gasteiger partial charge in [-0.15, -0.1) is 0 Å². The van der Waals surface area contributed by atoms with Gasteiger partial charge in [-0.1, -0.05) is 0 Å². The molecule has 3 aliphatic rings. The molecule has 0 aliphatic carbocycles. The van der Waals surface area contributed by atoms with Crippen LogP contribution in [0.3, 0.4) is 0 Å². The number of carbonyl (C=O) groups is 3. The average molecular weight is 433 g/mol. The number of aromatic nitrogens is 1. The van der Waals surface area contributed by atoms with Crippen molar-refractivity contribution < 1.29 is 23.9 Å². The topological polar surface area (TPSA) is 93.1 Å². The first-order valence-corrected chi connectivity index (χ1v) is 11.2. The normalized spacial score (nSPS) is 21.8. The minimum absolute atomic E-state index is 0.0430. The van der Waals surface area contributed by atoms with Gasteiger partial charge in [-0.05, 0) is 25.3 Å². The van der Waals surface area contributed by atoms with Gasteiger partial charge in [0.05, 0.1) is 38.3 Å². The monoisotopic (exact) mass is 432 g/mol. The zero-order valence-corrected chi connectivity index (χ0v) is 18.2. The number of fused-ring (bicyclic) bond motifs is 1. The molecule has 1 aromatic rings. The molecule has 2 amide bonds. The number of amides is 2. The number of likely N-dealkylation sites (tertiary alicyclic amines) is 1. The Morgan fingerprint density at radius 3 is 2.77 bits per heavy atom. The molecule has 2 fully saturated rings. The smallest absolute Gasteiger partial charge is 0.339 e. The Kier molecular flexibility index (Phi) is 6.92. The fourth-order valence-corrected chi connectivity index (χ4v) is 4.76. The summed E-state index contributed by atoms with van der Waals surface area (Å²) in [6.45, 7) is 6.38. The predicted octanol–water partition coefficient (Wildman–Crippen LogP) is 0.408. The third-order valence-electron chi connectivity index (χ3n) is 6.56. The molecule has 170 valence electrons. The zero-order chi connectivity index (χ0) is 21.8. The summed E-state index contributed by atoms with van der Waals surface area (Å²) in [6.07, 6.45) is 3.20. The third-order valence-corrected chi connectivity index (χ3v) is 6.56. The Bertz CT molecular complexity index is 830. The highest BCUT2D eigenvalue weighted by atomic mass is 16.5. The van der Waals surface area contributed by atoms with E-state index in [0.29, 0.717) is 25.2 Å². The van der Waals surface area contributed by atoms with E-state index >= 15 is 0 Å². The summed E-state index contributed by atoms with van der Waals surface area (Å²) in [5.41, 5.74) is 2.50. The summed E-state index contributed by atoms with van der Waals surface area (Å²) < 4.78 is 12.4. The van der Waals surface area contributed by atoms with Crippen LogP contribution in [0.5, 0.6) is 0 Å². The van der Waals surface area contributed by atoms with Crippen molar-refractivity contribution in [3.63, 3.8) is 0 Å². The summed E-state index contributed by atoms with van der Waals surface area (Å²) in [7, 11) is 1.39. The van der Waals surface area contributed by atoms with E-state index in [2.05, 4.69) is 14.8 Å². The molecule has 31 heavy (non-hydrogen) atoms. The van der Waals surface area contributed by atoms with Crippen LogP contribution in [0.15, 0.2) is 6.07 Å². The Morgan fingerprint density at radius 2 is 2.00 bits per heavy atom. The lowest BCUT2D eigenvalue weighted by Gasteiger charge is -2.28. The van der Waals surface area contributed by atoms with E-state index in [4.69, 9.17) is 9.47 Å². The lowest BCUT2D eigenvalue weighted by molar-refractivity contribution is -0.129. The molecule has 1 aromatic heterocycles. The van der Waals surface area contributed by atoms with Gasteiger partial charge in [-0.25, -0.2) is 4.79 Å². The molecule has 1 N–H and O–H groups in total. The van der Waals surface area contributed by atoms with Crippen molar-refractivity contribution >= 4 is 17.8 Å². The second-order valence-electron chi connectivity index (χ2n) is 8.51. The lowest BCUT2D eigenvalue weighted by atomic mass is 10.1. The quantitative estimate of drug-likeness (QED) is 0.628. The van der Waals surface area contributed by atoms with Gasteiger partial charge in [-0.2, -0.15) is 0 Å². The molecular formula is C22H32N4O5. The molecule has 0 bridgehead atoms. The van der Waals surface area contributed by atoms with Gasteiger partial charge in [0.15, 0.2) is 0 Å². The third kappa shape index (κ3) is 4.93. The average Bonchev–Trinajstić information content (AvgIpc) is 3.37. The molecule has 4 rings (SSSR count). The largest absolute Gasteiger partial charge is 0.465 e. The van der Waals surface area contributed by atoms with Crippen LogP contribution in [0.4, 0.5) is 0 Å². The molecule has 3 aliphatic heterocycles. The Labute approximate surface area is 182 Å². The summed E-state index contributed by atoms with van der Waals surface area (Å²) in [5.74, 6) is -0.719. The van der Waals surface area contributed by atoms with Crippen molar-refractivity contribution in [2.45, 2.75) is 38.8 Å². The summed E-state index contributed by atoms with van der Waals surface area (Å²) in [5, 5.41) is 2.99. The maximum Gasteiger partial charge on any atom is 0.339 e. The Hall–Kier alpha value is -2.39. The number of nitrogens with zero attached hydrogens (tertiary/aromatic N) is 3. The van der Waals surface area contributed by atoms with Crippen LogP contribution < -0.4 is 5.32 Å². The van der Waals surface area contributed by atoms with Crippen LogP contribution in [0.1, 0.15) is 41.0 Å². The minimum Gasteiger partial charge on any atom is -0.465 e. The molecule has 0 radical (unpaired) electrons. The van der Waals surface area contributed by atoms with Crippen molar-refractivity contribution in [2.75, 3.05) is 53.0 Å². The highest BCUT2D eigenvalue weighted by Crippen LogP contribution is 2.25. The van der Waals surface area contributed by atoms with E-state index in [9.17, 15) is 14.4 Å². The molecule has 4 heterocycles. The number of ether oxygens (including phenoxy) is 2. The molecule has 1 unspecified atom stereocenters. The lowest BCUT2D eigenvalue weighted by Crippen LogP contribution is -2.42. The molecule has 9 heteroatoms. The Balaban J connectivity index is 1.31. The number of hydrogen-bond donors (Lipinski definition) is 1. The molecule has 0 saturated carbocycles. The van der Waals surface area contributed by atoms with Crippen LogP contribution in [0.25, 0.3) is 0 Å². The second kappa shape index (κ2) is 9.82. The van der Waals surface area contributed by atoms with E-state index < -0.39 is 0 Å². The molecule has 0 aromatic carbocycles. The summed E-state index contributed by atoms with van der Waals surface area (Å²) >= 11 is 0. The van der Waals surface area contributed by atoms with Crippen LogP contribution >= 0.6 is 0 Å². The van der Waals surface area contributed by atoms with Gasteiger partial charge in [0.1, 0.15) is 0 Å². The van der Waals surface area contributed by atoms with Gasteiger partial charge in [0.25, 0.3) is 0 Å². The fraction of sp³-hybridized carbons (Fsp3) is 0.682. The Morgan fingerprint density at radius 1 is 1.19 bits per heavy atom. The summed E-state index contributed by atoms with van der Waals surface area (Å²) in [6, 6.07) is 1.83. The van der Waals surface area contributed by atoms with E-state index in [1.54, 1.807) is 4.90 Å².